The minimum Gasteiger partial charge on any atom is -0.325 e. The Morgan fingerprint density at radius 3 is 2.52 bits per heavy atom. The molecule has 1 heterocycles. The quantitative estimate of drug-likeness (QED) is 0.347. The van der Waals surface area contributed by atoms with Gasteiger partial charge in [-0.3, -0.25) is 4.79 Å². The number of para-hydroxylation sites is 1. The van der Waals surface area contributed by atoms with Crippen molar-refractivity contribution < 1.29 is 4.79 Å². The minimum absolute atomic E-state index is 0.104. The summed E-state index contributed by atoms with van der Waals surface area (Å²) in [5, 5.41) is 17.9. The fourth-order valence-electron chi connectivity index (χ4n) is 3.74. The summed E-state index contributed by atoms with van der Waals surface area (Å²) in [6, 6.07) is 32.2. The number of aromatic nitrogens is 4. The van der Waals surface area contributed by atoms with Crippen molar-refractivity contribution in [1.82, 2.24) is 20.2 Å². The molecular weight excluding hydrogens is 430 g/mol. The molecule has 0 aliphatic rings. The van der Waals surface area contributed by atoms with Crippen LogP contribution in [0.2, 0.25) is 0 Å². The molecular formula is C26H21N5OS. The SMILES string of the molecule is O=C(CSc1nnnn1-c1cccc2ccccc12)Nc1ccccc1Cc1ccccc1. The topological polar surface area (TPSA) is 72.7 Å². The highest BCUT2D eigenvalue weighted by Crippen LogP contribution is 2.26. The molecule has 0 aliphatic heterocycles. The maximum absolute atomic E-state index is 12.8. The molecule has 0 spiro atoms. The summed E-state index contributed by atoms with van der Waals surface area (Å²) >= 11 is 1.31. The molecule has 4 aromatic carbocycles. The zero-order valence-electron chi connectivity index (χ0n) is 17.8. The van der Waals surface area contributed by atoms with Gasteiger partial charge in [-0.05, 0) is 45.5 Å². The Morgan fingerprint density at radius 2 is 1.61 bits per heavy atom. The third kappa shape index (κ3) is 4.78. The molecule has 162 valence electrons. The number of carbonyl (C=O) groups is 1. The maximum Gasteiger partial charge on any atom is 0.234 e. The molecule has 0 atom stereocenters. The van der Waals surface area contributed by atoms with Crippen molar-refractivity contribution in [3.8, 4) is 5.69 Å². The van der Waals surface area contributed by atoms with Crippen molar-refractivity contribution in [2.45, 2.75) is 11.6 Å². The number of rotatable bonds is 7. The summed E-state index contributed by atoms with van der Waals surface area (Å²) in [4.78, 5) is 12.8. The first-order chi connectivity index (χ1) is 16.3. The van der Waals surface area contributed by atoms with Gasteiger partial charge in [0.15, 0.2) is 0 Å². The predicted molar refractivity (Wildman–Crippen MR) is 132 cm³/mol. The maximum atomic E-state index is 12.8. The first-order valence-electron chi connectivity index (χ1n) is 10.6. The first kappa shape index (κ1) is 20.9. The van der Waals surface area contributed by atoms with Crippen LogP contribution in [0, 0.1) is 0 Å². The van der Waals surface area contributed by atoms with Gasteiger partial charge in [-0.1, -0.05) is 96.7 Å². The van der Waals surface area contributed by atoms with E-state index in [1.807, 2.05) is 72.8 Å². The van der Waals surface area contributed by atoms with E-state index in [0.717, 1.165) is 34.1 Å². The van der Waals surface area contributed by atoms with Crippen LogP contribution in [0.25, 0.3) is 16.5 Å². The fourth-order valence-corrected chi connectivity index (χ4v) is 4.43. The van der Waals surface area contributed by atoms with Crippen LogP contribution in [0.15, 0.2) is 102 Å². The summed E-state index contributed by atoms with van der Waals surface area (Å²) < 4.78 is 1.68. The van der Waals surface area contributed by atoms with Crippen molar-refractivity contribution in [3.63, 3.8) is 0 Å². The highest BCUT2D eigenvalue weighted by atomic mass is 32.2. The molecule has 0 bridgehead atoms. The molecule has 1 N–H and O–H groups in total. The van der Waals surface area contributed by atoms with Crippen molar-refractivity contribution >= 4 is 34.1 Å². The van der Waals surface area contributed by atoms with E-state index in [9.17, 15) is 4.79 Å². The van der Waals surface area contributed by atoms with Crippen molar-refractivity contribution in [2.75, 3.05) is 11.1 Å². The Morgan fingerprint density at radius 1 is 0.848 bits per heavy atom. The second-order valence-corrected chi connectivity index (χ2v) is 8.47. The smallest absolute Gasteiger partial charge is 0.234 e. The van der Waals surface area contributed by atoms with E-state index in [2.05, 4.69) is 45.1 Å². The Labute approximate surface area is 195 Å². The number of amides is 1. The number of hydrogen-bond donors (Lipinski definition) is 1. The van der Waals surface area contributed by atoms with E-state index in [1.54, 1.807) is 4.68 Å². The van der Waals surface area contributed by atoms with Crippen LogP contribution in [0.1, 0.15) is 11.1 Å². The summed E-state index contributed by atoms with van der Waals surface area (Å²) in [6.45, 7) is 0. The Hall–Kier alpha value is -3.97. The highest BCUT2D eigenvalue weighted by molar-refractivity contribution is 7.99. The van der Waals surface area contributed by atoms with Gasteiger partial charge in [0.05, 0.1) is 11.4 Å². The van der Waals surface area contributed by atoms with Gasteiger partial charge in [-0.2, -0.15) is 4.68 Å². The number of benzene rings is 4. The molecule has 5 rings (SSSR count). The van der Waals surface area contributed by atoms with Gasteiger partial charge in [0, 0.05) is 11.1 Å². The number of anilines is 1. The molecule has 0 saturated heterocycles. The zero-order chi connectivity index (χ0) is 22.5. The lowest BCUT2D eigenvalue weighted by atomic mass is 10.0. The average Bonchev–Trinajstić information content (AvgIpc) is 3.33. The van der Waals surface area contributed by atoms with E-state index in [4.69, 9.17) is 0 Å². The molecule has 5 aromatic rings. The van der Waals surface area contributed by atoms with E-state index < -0.39 is 0 Å². The highest BCUT2D eigenvalue weighted by Gasteiger charge is 2.14. The van der Waals surface area contributed by atoms with Crippen LogP contribution in [-0.2, 0) is 11.2 Å². The molecule has 0 radical (unpaired) electrons. The minimum atomic E-state index is -0.104. The largest absolute Gasteiger partial charge is 0.325 e. The number of nitrogens with one attached hydrogen (secondary N) is 1. The lowest BCUT2D eigenvalue weighted by molar-refractivity contribution is -0.113. The number of fused-ring (bicyclic) bond motifs is 1. The second-order valence-electron chi connectivity index (χ2n) is 7.53. The Bertz CT molecular complexity index is 1400. The lowest BCUT2D eigenvalue weighted by Gasteiger charge is -2.11. The molecule has 33 heavy (non-hydrogen) atoms. The zero-order valence-corrected chi connectivity index (χ0v) is 18.6. The van der Waals surface area contributed by atoms with Gasteiger partial charge in [0.25, 0.3) is 0 Å². The van der Waals surface area contributed by atoms with Crippen molar-refractivity contribution in [3.05, 3.63) is 108 Å². The third-order valence-corrected chi connectivity index (χ3v) is 6.22. The van der Waals surface area contributed by atoms with E-state index in [-0.39, 0.29) is 11.7 Å². The van der Waals surface area contributed by atoms with Gasteiger partial charge in [0.1, 0.15) is 0 Å². The molecule has 0 unspecified atom stereocenters. The summed E-state index contributed by atoms with van der Waals surface area (Å²) in [7, 11) is 0. The summed E-state index contributed by atoms with van der Waals surface area (Å²) in [5.41, 5.74) is 3.97. The number of hydrogen-bond acceptors (Lipinski definition) is 5. The van der Waals surface area contributed by atoms with E-state index in [1.165, 1.54) is 17.3 Å². The average molecular weight is 452 g/mol. The van der Waals surface area contributed by atoms with Crippen LogP contribution >= 0.6 is 11.8 Å². The van der Waals surface area contributed by atoms with Crippen LogP contribution in [-0.4, -0.2) is 31.9 Å². The van der Waals surface area contributed by atoms with Crippen LogP contribution in [0.4, 0.5) is 5.69 Å². The molecule has 0 fully saturated rings. The Kier molecular flexibility index (Phi) is 6.12. The van der Waals surface area contributed by atoms with Gasteiger partial charge >= 0.3 is 0 Å². The number of nitrogens with zero attached hydrogens (tertiary/aromatic N) is 4. The molecule has 1 aromatic heterocycles. The third-order valence-electron chi connectivity index (χ3n) is 5.30. The van der Waals surface area contributed by atoms with Crippen molar-refractivity contribution in [2.24, 2.45) is 0 Å². The lowest BCUT2D eigenvalue weighted by Crippen LogP contribution is -2.16. The monoisotopic (exact) mass is 451 g/mol. The molecule has 7 heteroatoms. The first-order valence-corrected chi connectivity index (χ1v) is 11.6. The Balaban J connectivity index is 1.29. The normalized spacial score (nSPS) is 10.9. The molecule has 0 saturated carbocycles. The van der Waals surface area contributed by atoms with Crippen LogP contribution in [0.5, 0.6) is 0 Å². The summed E-state index contributed by atoms with van der Waals surface area (Å²) in [5.74, 6) is 0.0955. The molecule has 0 aliphatic carbocycles. The van der Waals surface area contributed by atoms with Gasteiger partial charge in [-0.15, -0.1) is 5.10 Å². The summed E-state index contributed by atoms with van der Waals surface area (Å²) in [6.07, 6.45) is 0.754. The predicted octanol–water partition coefficient (Wildman–Crippen LogP) is 5.14. The number of thioether (sulfide) groups is 1. The van der Waals surface area contributed by atoms with E-state index >= 15 is 0 Å². The fraction of sp³-hybridized carbons (Fsp3) is 0.0769. The van der Waals surface area contributed by atoms with Crippen LogP contribution in [0.3, 0.4) is 0 Å². The number of carbonyl (C=O) groups excluding carboxylic acids is 1. The van der Waals surface area contributed by atoms with Gasteiger partial charge in [-0.25, -0.2) is 0 Å². The van der Waals surface area contributed by atoms with Crippen molar-refractivity contribution in [1.29, 1.82) is 0 Å². The number of tetrazole rings is 1. The standard InChI is InChI=1S/C26H21N5OS/c32-25(27-23-15-7-5-12-21(23)17-19-9-2-1-3-10-19)18-33-26-28-29-30-31(26)24-16-8-13-20-11-4-6-14-22(20)24/h1-16H,17-18H2,(H,27,32). The van der Waals surface area contributed by atoms with Gasteiger partial charge in [0.2, 0.25) is 11.1 Å². The van der Waals surface area contributed by atoms with Crippen LogP contribution < -0.4 is 5.32 Å². The van der Waals surface area contributed by atoms with Gasteiger partial charge < -0.3 is 5.32 Å². The van der Waals surface area contributed by atoms with E-state index in [0.29, 0.717) is 5.16 Å². The second kappa shape index (κ2) is 9.67. The molecule has 6 nitrogen and oxygen atoms in total. The molecule has 1 amide bonds.